The van der Waals surface area contributed by atoms with Crippen LogP contribution in [0.15, 0.2) is 34.8 Å². The Kier molecular flexibility index (Phi) is 11.7. The van der Waals surface area contributed by atoms with Crippen LogP contribution in [0.1, 0.15) is 32.6 Å². The van der Waals surface area contributed by atoms with Gasteiger partial charge in [-0.05, 0) is 86.4 Å². The molecule has 9 heteroatoms. The van der Waals surface area contributed by atoms with Crippen LogP contribution >= 0.6 is 27.5 Å². The maximum Gasteiger partial charge on any atom is 0.328 e. The molecule has 1 heterocycles. The Hall–Kier alpha value is -1.90. The van der Waals surface area contributed by atoms with Crippen LogP contribution < -0.4 is 4.90 Å². The van der Waals surface area contributed by atoms with Crippen molar-refractivity contribution in [2.75, 3.05) is 31.6 Å². The monoisotopic (exact) mass is 502 g/mol. The van der Waals surface area contributed by atoms with E-state index in [-0.39, 0.29) is 5.91 Å². The lowest BCUT2D eigenvalue weighted by Gasteiger charge is -2.29. The minimum Gasteiger partial charge on any atom is -0.478 e. The van der Waals surface area contributed by atoms with E-state index in [0.29, 0.717) is 36.1 Å². The zero-order chi connectivity index (χ0) is 22.7. The van der Waals surface area contributed by atoms with E-state index in [4.69, 9.17) is 21.8 Å². The van der Waals surface area contributed by atoms with E-state index in [1.54, 1.807) is 0 Å². The van der Waals surface area contributed by atoms with E-state index in [0.717, 1.165) is 29.7 Å². The number of anilines is 1. The van der Waals surface area contributed by atoms with Crippen molar-refractivity contribution >= 4 is 51.1 Å². The topological polar surface area (TPSA) is 98.2 Å². The normalized spacial score (nSPS) is 14.8. The van der Waals surface area contributed by atoms with E-state index in [9.17, 15) is 14.4 Å². The van der Waals surface area contributed by atoms with Crippen molar-refractivity contribution in [3.63, 3.8) is 0 Å². The van der Waals surface area contributed by atoms with Gasteiger partial charge in [-0.15, -0.1) is 0 Å². The fourth-order valence-electron chi connectivity index (χ4n) is 3.11. The van der Waals surface area contributed by atoms with Gasteiger partial charge in [0.05, 0.1) is 5.02 Å². The highest BCUT2D eigenvalue weighted by atomic mass is 79.9. The van der Waals surface area contributed by atoms with Crippen LogP contribution in [0.5, 0.6) is 0 Å². The molecule has 0 unspecified atom stereocenters. The van der Waals surface area contributed by atoms with E-state index in [2.05, 4.69) is 27.9 Å². The van der Waals surface area contributed by atoms with Crippen LogP contribution in [0.3, 0.4) is 0 Å². The molecule has 1 aliphatic heterocycles. The van der Waals surface area contributed by atoms with Gasteiger partial charge in [0.1, 0.15) is 0 Å². The highest BCUT2D eigenvalue weighted by Gasteiger charge is 2.20. The number of piperidine rings is 1. The fraction of sp³-hybridized carbons (Fsp3) is 0.476. The molecule has 0 saturated carbocycles. The van der Waals surface area contributed by atoms with Crippen LogP contribution in [-0.4, -0.2) is 59.6 Å². The Balaban J connectivity index is 0.000000479. The molecule has 1 amide bonds. The predicted octanol–water partition coefficient (Wildman–Crippen LogP) is 4.29. The summed E-state index contributed by atoms with van der Waals surface area (Å²) >= 11 is 9.53. The van der Waals surface area contributed by atoms with E-state index < -0.39 is 11.9 Å². The highest BCUT2D eigenvalue weighted by molar-refractivity contribution is 9.10. The molecule has 2 N–H and O–H groups in total. The van der Waals surface area contributed by atoms with Crippen LogP contribution in [0.25, 0.3) is 0 Å². The van der Waals surface area contributed by atoms with Crippen molar-refractivity contribution in [1.29, 1.82) is 0 Å². The first-order chi connectivity index (χ1) is 14.1. The van der Waals surface area contributed by atoms with Gasteiger partial charge in [0, 0.05) is 35.3 Å². The predicted molar refractivity (Wildman–Crippen MR) is 121 cm³/mol. The second-order valence-corrected chi connectivity index (χ2v) is 8.29. The number of carboxylic acid groups (broad SMARTS) is 2. The summed E-state index contributed by atoms with van der Waals surface area (Å²) in [6.45, 7) is 4.98. The SMILES string of the molecule is CCN(C(=O)CCC1CCN(C)CC1)c1ccc(Br)c(Cl)c1.O=C(O)/C=C/C(=O)O. The van der Waals surface area contributed by atoms with E-state index in [1.165, 1.54) is 12.8 Å². The Morgan fingerprint density at radius 2 is 1.77 bits per heavy atom. The number of halogens is 2. The summed E-state index contributed by atoms with van der Waals surface area (Å²) in [4.78, 5) is 35.8. The Labute approximate surface area is 190 Å². The number of aliphatic carboxylic acids is 2. The van der Waals surface area contributed by atoms with E-state index in [1.807, 2.05) is 30.0 Å². The number of amides is 1. The summed E-state index contributed by atoms with van der Waals surface area (Å²) < 4.78 is 0.854. The molecule has 7 nitrogen and oxygen atoms in total. The molecule has 2 rings (SSSR count). The fourth-order valence-corrected chi connectivity index (χ4v) is 3.53. The number of carbonyl (C=O) groups excluding carboxylic acids is 1. The first-order valence-electron chi connectivity index (χ1n) is 9.71. The van der Waals surface area contributed by atoms with Gasteiger partial charge in [-0.2, -0.15) is 0 Å². The molecule has 0 aliphatic carbocycles. The third-order valence-corrected chi connectivity index (χ3v) is 6.04. The molecular weight excluding hydrogens is 476 g/mol. The zero-order valence-corrected chi connectivity index (χ0v) is 19.5. The van der Waals surface area contributed by atoms with Crippen molar-refractivity contribution in [1.82, 2.24) is 4.90 Å². The number of hydrogen-bond acceptors (Lipinski definition) is 4. The molecule has 0 bridgehead atoms. The Morgan fingerprint density at radius 3 is 2.23 bits per heavy atom. The molecule has 0 aromatic heterocycles. The number of nitrogens with zero attached hydrogens (tertiary/aromatic N) is 2. The molecular formula is C21H28BrClN2O5. The van der Waals surface area contributed by atoms with Crippen LogP contribution in [0.2, 0.25) is 5.02 Å². The first kappa shape index (κ1) is 26.1. The average molecular weight is 504 g/mol. The van der Waals surface area contributed by atoms with Crippen molar-refractivity contribution in [3.8, 4) is 0 Å². The molecule has 1 aromatic rings. The van der Waals surface area contributed by atoms with Crippen LogP contribution in [-0.2, 0) is 14.4 Å². The Bertz CT molecular complexity index is 748. The highest BCUT2D eigenvalue weighted by Crippen LogP contribution is 2.28. The standard InChI is InChI=1S/C17H24BrClN2O.C4H4O4/c1-3-21(14-5-6-15(18)16(19)12-14)17(22)7-4-13-8-10-20(2)11-9-13;5-3(6)1-2-4(7)8/h5-6,12-13H,3-4,7-11H2,1-2H3;1-2H,(H,5,6)(H,7,8)/b;2-1+. The Morgan fingerprint density at radius 1 is 1.20 bits per heavy atom. The molecule has 0 spiro atoms. The lowest BCUT2D eigenvalue weighted by atomic mass is 9.92. The summed E-state index contributed by atoms with van der Waals surface area (Å²) in [7, 11) is 2.16. The summed E-state index contributed by atoms with van der Waals surface area (Å²) in [6, 6.07) is 5.68. The van der Waals surface area contributed by atoms with E-state index >= 15 is 0 Å². The first-order valence-corrected chi connectivity index (χ1v) is 10.9. The van der Waals surface area contributed by atoms with Gasteiger partial charge in [0.25, 0.3) is 0 Å². The third-order valence-electron chi connectivity index (χ3n) is 4.81. The number of carboxylic acids is 2. The smallest absolute Gasteiger partial charge is 0.328 e. The van der Waals surface area contributed by atoms with Crippen molar-refractivity contribution < 1.29 is 24.6 Å². The molecule has 166 valence electrons. The quantitative estimate of drug-likeness (QED) is 0.539. The lowest BCUT2D eigenvalue weighted by Crippen LogP contribution is -2.33. The van der Waals surface area contributed by atoms with Crippen molar-refractivity contribution in [2.24, 2.45) is 5.92 Å². The summed E-state index contributed by atoms with van der Waals surface area (Å²) in [5.74, 6) is -1.63. The van der Waals surface area contributed by atoms with Crippen molar-refractivity contribution in [2.45, 2.75) is 32.6 Å². The summed E-state index contributed by atoms with van der Waals surface area (Å²) in [5.41, 5.74) is 0.879. The minimum atomic E-state index is -1.26. The molecule has 0 atom stereocenters. The number of carbonyl (C=O) groups is 3. The number of rotatable bonds is 7. The third kappa shape index (κ3) is 9.73. The minimum absolute atomic E-state index is 0.194. The van der Waals surface area contributed by atoms with Gasteiger partial charge in [0.15, 0.2) is 0 Å². The van der Waals surface area contributed by atoms with Gasteiger partial charge >= 0.3 is 11.9 Å². The molecule has 1 saturated heterocycles. The molecule has 1 aromatic carbocycles. The second-order valence-electron chi connectivity index (χ2n) is 7.03. The molecule has 1 fully saturated rings. The maximum atomic E-state index is 12.5. The van der Waals surface area contributed by atoms with Crippen LogP contribution in [0, 0.1) is 5.92 Å². The van der Waals surface area contributed by atoms with Gasteiger partial charge < -0.3 is 20.0 Å². The largest absolute Gasteiger partial charge is 0.478 e. The number of likely N-dealkylation sites (tertiary alicyclic amines) is 1. The van der Waals surface area contributed by atoms with Crippen LogP contribution in [0.4, 0.5) is 5.69 Å². The van der Waals surface area contributed by atoms with Gasteiger partial charge in [-0.3, -0.25) is 4.79 Å². The molecule has 0 radical (unpaired) electrons. The molecule has 30 heavy (non-hydrogen) atoms. The molecule has 1 aliphatic rings. The number of hydrogen-bond donors (Lipinski definition) is 2. The average Bonchev–Trinajstić information content (AvgIpc) is 2.69. The maximum absolute atomic E-state index is 12.5. The van der Waals surface area contributed by atoms with Gasteiger partial charge in [-0.1, -0.05) is 11.6 Å². The van der Waals surface area contributed by atoms with Gasteiger partial charge in [0.2, 0.25) is 5.91 Å². The summed E-state index contributed by atoms with van der Waals surface area (Å²) in [6.07, 6.45) is 5.15. The lowest BCUT2D eigenvalue weighted by molar-refractivity contribution is -0.134. The summed E-state index contributed by atoms with van der Waals surface area (Å²) in [5, 5.41) is 16.3. The van der Waals surface area contributed by atoms with Crippen molar-refractivity contribution in [3.05, 3.63) is 39.8 Å². The zero-order valence-electron chi connectivity index (χ0n) is 17.2. The van der Waals surface area contributed by atoms with Gasteiger partial charge in [-0.25, -0.2) is 9.59 Å². The second kappa shape index (κ2) is 13.4. The number of benzene rings is 1.